The van der Waals surface area contributed by atoms with Gasteiger partial charge in [0.1, 0.15) is 18.2 Å². The van der Waals surface area contributed by atoms with Gasteiger partial charge in [-0.3, -0.25) is 4.79 Å². The van der Waals surface area contributed by atoms with Crippen LogP contribution in [-0.2, 0) is 24.1 Å². The zero-order valence-electron chi connectivity index (χ0n) is 23.8. The molecule has 2 aromatic rings. The van der Waals surface area contributed by atoms with E-state index in [1.165, 1.54) is 18.1 Å². The number of fused-ring (bicyclic) bond motifs is 2. The van der Waals surface area contributed by atoms with E-state index in [2.05, 4.69) is 34.4 Å². The molecule has 1 amide bonds. The molecule has 10 nitrogen and oxygen atoms in total. The number of likely N-dealkylation sites (N-methyl/N-ethyl adjacent to an activating group) is 1. The lowest BCUT2D eigenvalue weighted by atomic mass is 9.90. The largest absolute Gasteiger partial charge is 0.508 e. The number of nitrogens with zero attached hydrogens (tertiary/aromatic N) is 7. The number of amides is 1. The highest BCUT2D eigenvalue weighted by atomic mass is 16.5. The summed E-state index contributed by atoms with van der Waals surface area (Å²) in [6.45, 7) is 7.87. The Labute approximate surface area is 241 Å². The van der Waals surface area contributed by atoms with Crippen molar-refractivity contribution >= 4 is 17.4 Å². The molecule has 2 fully saturated rings. The van der Waals surface area contributed by atoms with Gasteiger partial charge < -0.3 is 29.4 Å². The number of ether oxygens (including phenoxy) is 1. The zero-order valence-corrected chi connectivity index (χ0v) is 23.8. The highest BCUT2D eigenvalue weighted by molar-refractivity contribution is 5.87. The molecule has 1 aliphatic carbocycles. The van der Waals surface area contributed by atoms with Crippen LogP contribution in [0, 0.1) is 11.3 Å². The molecule has 4 aliphatic rings. The van der Waals surface area contributed by atoms with Crippen molar-refractivity contribution in [1.82, 2.24) is 19.8 Å². The first-order valence-electron chi connectivity index (χ1n) is 14.8. The fourth-order valence-corrected chi connectivity index (χ4v) is 7.02. The Hall–Kier alpha value is -3.84. The van der Waals surface area contributed by atoms with E-state index < -0.39 is 0 Å². The number of anilines is 2. The number of aromatic nitrogens is 2. The highest BCUT2D eigenvalue weighted by Crippen LogP contribution is 2.38. The normalized spacial score (nSPS) is 24.1. The average Bonchev–Trinajstić information content (AvgIpc) is 3.60. The molecule has 0 radical (unpaired) electrons. The van der Waals surface area contributed by atoms with Crippen molar-refractivity contribution in [2.75, 3.05) is 56.2 Å². The SMILES string of the molecule is C=CC(=O)N1CCN(c2nc(OC[C@@H]3CCCN3C)nc3c2CCC(N2CCc4ccc(O)cc42)C3)C[C@@H]1CC#N. The van der Waals surface area contributed by atoms with Gasteiger partial charge in [-0.15, -0.1) is 0 Å². The summed E-state index contributed by atoms with van der Waals surface area (Å²) in [6, 6.07) is 8.74. The third-order valence-electron chi connectivity index (χ3n) is 9.29. The van der Waals surface area contributed by atoms with Crippen molar-refractivity contribution in [2.24, 2.45) is 0 Å². The fraction of sp³-hybridized carbons (Fsp3) is 0.548. The first-order chi connectivity index (χ1) is 19.9. The van der Waals surface area contributed by atoms with E-state index >= 15 is 0 Å². The Morgan fingerprint density at radius 3 is 2.85 bits per heavy atom. The van der Waals surface area contributed by atoms with Crippen LogP contribution in [0.1, 0.15) is 42.5 Å². The van der Waals surface area contributed by atoms with Gasteiger partial charge in [0.2, 0.25) is 5.91 Å². The Balaban J connectivity index is 1.29. The van der Waals surface area contributed by atoms with E-state index in [0.29, 0.717) is 44.0 Å². The maximum absolute atomic E-state index is 12.5. The van der Waals surface area contributed by atoms with Crippen LogP contribution in [0.5, 0.6) is 11.8 Å². The summed E-state index contributed by atoms with van der Waals surface area (Å²) in [6.07, 6.45) is 7.40. The predicted octanol–water partition coefficient (Wildman–Crippen LogP) is 2.69. The molecule has 1 unspecified atom stereocenters. The first kappa shape index (κ1) is 27.3. The summed E-state index contributed by atoms with van der Waals surface area (Å²) in [5.74, 6) is 1.03. The number of hydrogen-bond donors (Lipinski definition) is 1. The smallest absolute Gasteiger partial charge is 0.318 e. The van der Waals surface area contributed by atoms with Crippen molar-refractivity contribution < 1.29 is 14.6 Å². The third-order valence-corrected chi connectivity index (χ3v) is 9.29. The predicted molar refractivity (Wildman–Crippen MR) is 156 cm³/mol. The molecule has 1 aromatic heterocycles. The monoisotopic (exact) mass is 557 g/mol. The number of carbonyl (C=O) groups is 1. The lowest BCUT2D eigenvalue weighted by Gasteiger charge is -2.42. The molecule has 3 aliphatic heterocycles. The molecular formula is C31H39N7O3. The van der Waals surface area contributed by atoms with Gasteiger partial charge in [0, 0.05) is 62.0 Å². The number of phenols is 1. The maximum Gasteiger partial charge on any atom is 0.318 e. The van der Waals surface area contributed by atoms with Gasteiger partial charge in [0.25, 0.3) is 0 Å². The molecule has 3 atom stereocenters. The standard InChI is InChI=1S/C31H39N7O3/c1-3-29(40)38-16-15-36(19-23(38)10-12-32)30-26-9-7-22(37-14-11-21-6-8-25(39)18-28(21)37)17-27(26)33-31(34-30)41-20-24-5-4-13-35(24)2/h3,6,8,18,22-24,39H,1,4-5,7,9-11,13-17,19-20H2,2H3/t22?,23-,24-/m0/s1. The van der Waals surface area contributed by atoms with Crippen molar-refractivity contribution in [3.8, 4) is 17.8 Å². The summed E-state index contributed by atoms with van der Waals surface area (Å²) in [5, 5.41) is 19.7. The average molecular weight is 558 g/mol. The van der Waals surface area contributed by atoms with Crippen LogP contribution in [0.25, 0.3) is 0 Å². The van der Waals surface area contributed by atoms with Gasteiger partial charge in [0.15, 0.2) is 0 Å². The summed E-state index contributed by atoms with van der Waals surface area (Å²) >= 11 is 0. The molecule has 10 heteroatoms. The second-order valence-electron chi connectivity index (χ2n) is 11.7. The number of likely N-dealkylation sites (tertiary alicyclic amines) is 1. The van der Waals surface area contributed by atoms with Crippen LogP contribution in [0.3, 0.4) is 0 Å². The van der Waals surface area contributed by atoms with Gasteiger partial charge >= 0.3 is 6.01 Å². The molecule has 1 aromatic carbocycles. The number of rotatable bonds is 7. The minimum atomic E-state index is -0.230. The van der Waals surface area contributed by atoms with Crippen molar-refractivity contribution in [3.05, 3.63) is 47.7 Å². The van der Waals surface area contributed by atoms with E-state index in [1.54, 1.807) is 11.0 Å². The number of aromatic hydroxyl groups is 1. The number of phenolic OH excluding ortho intramolecular Hbond substituents is 1. The molecule has 216 valence electrons. The van der Waals surface area contributed by atoms with Crippen LogP contribution in [0.4, 0.5) is 11.5 Å². The number of hydrogen-bond acceptors (Lipinski definition) is 9. The molecule has 6 rings (SSSR count). The fourth-order valence-electron chi connectivity index (χ4n) is 7.02. The Morgan fingerprint density at radius 1 is 1.20 bits per heavy atom. The van der Waals surface area contributed by atoms with Gasteiger partial charge in [-0.1, -0.05) is 12.6 Å². The van der Waals surface area contributed by atoms with Crippen molar-refractivity contribution in [1.29, 1.82) is 5.26 Å². The summed E-state index contributed by atoms with van der Waals surface area (Å²) < 4.78 is 6.27. The quantitative estimate of drug-likeness (QED) is 0.514. The molecule has 0 bridgehead atoms. The Morgan fingerprint density at radius 2 is 2.07 bits per heavy atom. The minimum absolute atomic E-state index is 0.140. The molecular weight excluding hydrogens is 518 g/mol. The maximum atomic E-state index is 12.5. The number of carbonyl (C=O) groups excluding carboxylic acids is 1. The third kappa shape index (κ3) is 5.43. The number of nitriles is 1. The van der Waals surface area contributed by atoms with E-state index in [0.717, 1.165) is 68.0 Å². The number of piperazine rings is 1. The molecule has 0 spiro atoms. The second kappa shape index (κ2) is 11.6. The highest BCUT2D eigenvalue weighted by Gasteiger charge is 2.36. The van der Waals surface area contributed by atoms with Crippen LogP contribution in [0.15, 0.2) is 30.9 Å². The summed E-state index contributed by atoms with van der Waals surface area (Å²) in [7, 11) is 2.13. The second-order valence-corrected chi connectivity index (χ2v) is 11.7. The van der Waals surface area contributed by atoms with Crippen LogP contribution in [-0.4, -0.2) is 95.3 Å². The molecule has 2 saturated heterocycles. The summed E-state index contributed by atoms with van der Waals surface area (Å²) in [4.78, 5) is 31.2. The molecule has 1 N–H and O–H groups in total. The van der Waals surface area contributed by atoms with E-state index in [9.17, 15) is 15.2 Å². The van der Waals surface area contributed by atoms with Crippen LogP contribution < -0.4 is 14.5 Å². The van der Waals surface area contributed by atoms with E-state index in [4.69, 9.17) is 14.7 Å². The van der Waals surface area contributed by atoms with Crippen LogP contribution >= 0.6 is 0 Å². The zero-order chi connectivity index (χ0) is 28.5. The van der Waals surface area contributed by atoms with Gasteiger partial charge in [-0.25, -0.2) is 0 Å². The molecule has 0 saturated carbocycles. The van der Waals surface area contributed by atoms with Gasteiger partial charge in [0.05, 0.1) is 24.2 Å². The topological polar surface area (TPSA) is 109 Å². The lowest BCUT2D eigenvalue weighted by molar-refractivity contribution is -0.128. The Bertz CT molecular complexity index is 1360. The van der Waals surface area contributed by atoms with Gasteiger partial charge in [-0.2, -0.15) is 15.2 Å². The number of benzene rings is 1. The van der Waals surface area contributed by atoms with Crippen molar-refractivity contribution in [2.45, 2.75) is 63.1 Å². The van der Waals surface area contributed by atoms with Crippen molar-refractivity contribution in [3.63, 3.8) is 0 Å². The van der Waals surface area contributed by atoms with Crippen LogP contribution in [0.2, 0.25) is 0 Å². The summed E-state index contributed by atoms with van der Waals surface area (Å²) in [5.41, 5.74) is 4.55. The lowest BCUT2D eigenvalue weighted by Crippen LogP contribution is -2.55. The van der Waals surface area contributed by atoms with E-state index in [-0.39, 0.29) is 24.4 Å². The minimum Gasteiger partial charge on any atom is -0.508 e. The van der Waals surface area contributed by atoms with Gasteiger partial charge in [-0.05, 0) is 63.4 Å². The molecule has 4 heterocycles. The Kier molecular flexibility index (Phi) is 7.71. The first-order valence-corrected chi connectivity index (χ1v) is 14.8. The van der Waals surface area contributed by atoms with E-state index in [1.807, 2.05) is 12.1 Å². The molecule has 41 heavy (non-hydrogen) atoms.